The molecule has 0 aromatic rings. The Balaban J connectivity index is 2.49. The fourth-order valence-electron chi connectivity index (χ4n) is 2.43. The SMILES string of the molecule is C=CCN(CC=C)CCC(C(N)=O)N1CCNCC1. The highest BCUT2D eigenvalue weighted by atomic mass is 16.1. The lowest BCUT2D eigenvalue weighted by Gasteiger charge is -2.34. The van der Waals surface area contributed by atoms with Crippen LogP contribution in [0, 0.1) is 0 Å². The van der Waals surface area contributed by atoms with E-state index in [9.17, 15) is 4.79 Å². The van der Waals surface area contributed by atoms with Crippen LogP contribution in [0.15, 0.2) is 25.3 Å². The van der Waals surface area contributed by atoms with Gasteiger partial charge in [-0.1, -0.05) is 12.2 Å². The van der Waals surface area contributed by atoms with Crippen LogP contribution < -0.4 is 11.1 Å². The standard InChI is InChI=1S/C14H26N4O/c1-3-8-17(9-4-2)10-5-13(14(15)19)18-11-6-16-7-12-18/h3-4,13,16H,1-2,5-12H2,(H2,15,19). The first-order chi connectivity index (χ1) is 9.19. The maximum absolute atomic E-state index is 11.6. The third-order valence-electron chi connectivity index (χ3n) is 3.41. The fourth-order valence-corrected chi connectivity index (χ4v) is 2.43. The van der Waals surface area contributed by atoms with Gasteiger partial charge in [-0.05, 0) is 6.42 Å². The third kappa shape index (κ3) is 5.55. The molecule has 108 valence electrons. The molecule has 0 aromatic carbocycles. The zero-order chi connectivity index (χ0) is 14.1. The topological polar surface area (TPSA) is 61.6 Å². The van der Waals surface area contributed by atoms with E-state index in [1.165, 1.54) is 0 Å². The summed E-state index contributed by atoms with van der Waals surface area (Å²) in [6.07, 6.45) is 4.50. The Kier molecular flexibility index (Phi) is 7.40. The Hall–Kier alpha value is -1.17. The Morgan fingerprint density at radius 3 is 2.37 bits per heavy atom. The predicted octanol–water partition coefficient (Wildman–Crippen LogP) is -0.190. The van der Waals surface area contributed by atoms with Gasteiger partial charge in [0.1, 0.15) is 0 Å². The van der Waals surface area contributed by atoms with E-state index in [0.29, 0.717) is 0 Å². The number of nitrogens with two attached hydrogens (primary N) is 1. The van der Waals surface area contributed by atoms with Gasteiger partial charge in [0.05, 0.1) is 6.04 Å². The van der Waals surface area contributed by atoms with E-state index in [4.69, 9.17) is 5.73 Å². The van der Waals surface area contributed by atoms with Crippen LogP contribution in [0.2, 0.25) is 0 Å². The van der Waals surface area contributed by atoms with Gasteiger partial charge in [0.25, 0.3) is 0 Å². The molecular weight excluding hydrogens is 240 g/mol. The second kappa shape index (κ2) is 8.85. The summed E-state index contributed by atoms with van der Waals surface area (Å²) in [4.78, 5) is 16.0. The summed E-state index contributed by atoms with van der Waals surface area (Å²) in [5.41, 5.74) is 5.54. The predicted molar refractivity (Wildman–Crippen MR) is 78.9 cm³/mol. The Bertz CT molecular complexity index is 290. The summed E-state index contributed by atoms with van der Waals surface area (Å²) in [5.74, 6) is -0.223. The molecule has 1 heterocycles. The zero-order valence-corrected chi connectivity index (χ0v) is 11.7. The highest BCUT2D eigenvalue weighted by molar-refractivity contribution is 5.79. The van der Waals surface area contributed by atoms with Crippen molar-refractivity contribution in [2.24, 2.45) is 5.73 Å². The molecule has 0 radical (unpaired) electrons. The minimum absolute atomic E-state index is 0.167. The first-order valence-electron chi connectivity index (χ1n) is 6.87. The second-order valence-corrected chi connectivity index (χ2v) is 4.83. The highest BCUT2D eigenvalue weighted by Crippen LogP contribution is 2.07. The van der Waals surface area contributed by atoms with Crippen LogP contribution in [-0.2, 0) is 4.79 Å². The molecule has 19 heavy (non-hydrogen) atoms. The number of carbonyl (C=O) groups is 1. The van der Waals surface area contributed by atoms with Crippen molar-refractivity contribution in [1.82, 2.24) is 15.1 Å². The minimum atomic E-state index is -0.223. The lowest BCUT2D eigenvalue weighted by Crippen LogP contribution is -2.53. The van der Waals surface area contributed by atoms with E-state index in [1.54, 1.807) is 0 Å². The highest BCUT2D eigenvalue weighted by Gasteiger charge is 2.25. The number of nitrogens with zero attached hydrogens (tertiary/aromatic N) is 2. The molecule has 1 atom stereocenters. The van der Waals surface area contributed by atoms with Crippen molar-refractivity contribution in [3.05, 3.63) is 25.3 Å². The van der Waals surface area contributed by atoms with Crippen molar-refractivity contribution in [1.29, 1.82) is 0 Å². The number of rotatable bonds is 9. The largest absolute Gasteiger partial charge is 0.368 e. The van der Waals surface area contributed by atoms with Gasteiger partial charge >= 0.3 is 0 Å². The van der Waals surface area contributed by atoms with Crippen LogP contribution in [0.5, 0.6) is 0 Å². The minimum Gasteiger partial charge on any atom is -0.368 e. The van der Waals surface area contributed by atoms with Gasteiger partial charge in [-0.25, -0.2) is 0 Å². The Morgan fingerprint density at radius 1 is 1.32 bits per heavy atom. The smallest absolute Gasteiger partial charge is 0.234 e. The fraction of sp³-hybridized carbons (Fsp3) is 0.643. The van der Waals surface area contributed by atoms with Crippen molar-refractivity contribution in [3.8, 4) is 0 Å². The molecule has 5 nitrogen and oxygen atoms in total. The molecule has 0 saturated carbocycles. The maximum atomic E-state index is 11.6. The molecule has 1 amide bonds. The van der Waals surface area contributed by atoms with Gasteiger partial charge in [0, 0.05) is 45.8 Å². The maximum Gasteiger partial charge on any atom is 0.234 e. The summed E-state index contributed by atoms with van der Waals surface area (Å²) < 4.78 is 0. The number of piperazine rings is 1. The molecule has 0 aliphatic carbocycles. The van der Waals surface area contributed by atoms with Gasteiger partial charge in [-0.3, -0.25) is 14.6 Å². The van der Waals surface area contributed by atoms with Crippen LogP contribution in [0.25, 0.3) is 0 Å². The first kappa shape index (κ1) is 15.9. The zero-order valence-electron chi connectivity index (χ0n) is 11.7. The number of primary amides is 1. The molecule has 1 fully saturated rings. The molecule has 1 unspecified atom stereocenters. The van der Waals surface area contributed by atoms with E-state index in [0.717, 1.165) is 52.2 Å². The van der Waals surface area contributed by atoms with Crippen LogP contribution in [0.4, 0.5) is 0 Å². The van der Waals surface area contributed by atoms with Crippen LogP contribution in [0.3, 0.4) is 0 Å². The molecule has 1 saturated heterocycles. The molecule has 3 N–H and O–H groups in total. The van der Waals surface area contributed by atoms with Gasteiger partial charge in [0.15, 0.2) is 0 Å². The summed E-state index contributed by atoms with van der Waals surface area (Å²) in [6, 6.07) is -0.167. The van der Waals surface area contributed by atoms with Crippen LogP contribution in [-0.4, -0.2) is 67.6 Å². The molecule has 1 rings (SSSR count). The number of amides is 1. The molecule has 1 aliphatic heterocycles. The van der Waals surface area contributed by atoms with Gasteiger partial charge in [-0.15, -0.1) is 13.2 Å². The van der Waals surface area contributed by atoms with Crippen LogP contribution in [0.1, 0.15) is 6.42 Å². The van der Waals surface area contributed by atoms with Crippen molar-refractivity contribution >= 4 is 5.91 Å². The molecular formula is C14H26N4O. The van der Waals surface area contributed by atoms with E-state index in [2.05, 4.69) is 28.3 Å². The third-order valence-corrected chi connectivity index (χ3v) is 3.41. The van der Waals surface area contributed by atoms with E-state index in [-0.39, 0.29) is 11.9 Å². The monoisotopic (exact) mass is 266 g/mol. The van der Waals surface area contributed by atoms with Crippen molar-refractivity contribution < 1.29 is 4.79 Å². The van der Waals surface area contributed by atoms with Crippen molar-refractivity contribution in [2.45, 2.75) is 12.5 Å². The van der Waals surface area contributed by atoms with Gasteiger partial charge in [0.2, 0.25) is 5.91 Å². The van der Waals surface area contributed by atoms with Crippen molar-refractivity contribution in [3.63, 3.8) is 0 Å². The molecule has 1 aliphatic rings. The van der Waals surface area contributed by atoms with E-state index < -0.39 is 0 Å². The number of nitrogens with one attached hydrogen (secondary N) is 1. The van der Waals surface area contributed by atoms with E-state index >= 15 is 0 Å². The van der Waals surface area contributed by atoms with Crippen LogP contribution >= 0.6 is 0 Å². The molecule has 0 aromatic heterocycles. The number of carbonyl (C=O) groups excluding carboxylic acids is 1. The molecule has 0 bridgehead atoms. The molecule has 5 heteroatoms. The Morgan fingerprint density at radius 2 is 1.89 bits per heavy atom. The lowest BCUT2D eigenvalue weighted by molar-refractivity contribution is -0.123. The van der Waals surface area contributed by atoms with Crippen molar-refractivity contribution in [2.75, 3.05) is 45.8 Å². The summed E-state index contributed by atoms with van der Waals surface area (Å²) in [5, 5.41) is 3.28. The average Bonchev–Trinajstić information content (AvgIpc) is 2.40. The normalized spacial score (nSPS) is 18.2. The lowest BCUT2D eigenvalue weighted by atomic mass is 10.1. The quantitative estimate of drug-likeness (QED) is 0.568. The first-order valence-corrected chi connectivity index (χ1v) is 6.87. The van der Waals surface area contributed by atoms with E-state index in [1.807, 2.05) is 12.2 Å². The summed E-state index contributed by atoms with van der Waals surface area (Å²) in [6.45, 7) is 13.6. The number of hydrogen-bond acceptors (Lipinski definition) is 4. The summed E-state index contributed by atoms with van der Waals surface area (Å²) >= 11 is 0. The van der Waals surface area contributed by atoms with Gasteiger partial charge < -0.3 is 11.1 Å². The Labute approximate surface area is 116 Å². The second-order valence-electron chi connectivity index (χ2n) is 4.83. The molecule has 0 spiro atoms. The average molecular weight is 266 g/mol. The number of hydrogen-bond donors (Lipinski definition) is 2. The summed E-state index contributed by atoms with van der Waals surface area (Å²) in [7, 11) is 0. The van der Waals surface area contributed by atoms with Gasteiger partial charge in [-0.2, -0.15) is 0 Å².